The fraction of sp³-hybridized carbons (Fsp3) is 0.143. The second kappa shape index (κ2) is 5.07. The van der Waals surface area contributed by atoms with Gasteiger partial charge >= 0.3 is 0 Å². The van der Waals surface area contributed by atoms with Crippen molar-refractivity contribution < 1.29 is 4.74 Å². The first kappa shape index (κ1) is 12.4. The van der Waals surface area contributed by atoms with E-state index in [0.717, 1.165) is 22.6 Å². The molecule has 3 nitrogen and oxygen atoms in total. The molecule has 4 heteroatoms. The second-order valence-electron chi connectivity index (χ2n) is 3.83. The lowest BCUT2D eigenvalue weighted by atomic mass is 10.1. The maximum atomic E-state index is 8.88. The summed E-state index contributed by atoms with van der Waals surface area (Å²) in [4.78, 5) is 4.27. The molecule has 90 valence electrons. The number of rotatable bonds is 2. The van der Waals surface area contributed by atoms with E-state index in [1.807, 2.05) is 37.3 Å². The third-order valence-electron chi connectivity index (χ3n) is 2.65. The Morgan fingerprint density at radius 2 is 1.94 bits per heavy atom. The van der Waals surface area contributed by atoms with E-state index < -0.39 is 0 Å². The highest BCUT2D eigenvalue weighted by Crippen LogP contribution is 2.26. The van der Waals surface area contributed by atoms with E-state index in [-0.39, 0.29) is 5.15 Å². The summed E-state index contributed by atoms with van der Waals surface area (Å²) in [5.74, 6) is 0.788. The molecule has 18 heavy (non-hydrogen) atoms. The molecular formula is C14H11ClN2O. The van der Waals surface area contributed by atoms with E-state index in [1.165, 1.54) is 0 Å². The van der Waals surface area contributed by atoms with E-state index >= 15 is 0 Å². The average molecular weight is 259 g/mol. The van der Waals surface area contributed by atoms with Crippen molar-refractivity contribution in [1.82, 2.24) is 4.98 Å². The lowest BCUT2D eigenvalue weighted by Crippen LogP contribution is -1.92. The normalized spacial score (nSPS) is 9.89. The molecule has 0 bridgehead atoms. The molecule has 0 saturated heterocycles. The zero-order valence-electron chi connectivity index (χ0n) is 10.1. The SMILES string of the molecule is COc1ccc(-c2nc(Cl)c(C#N)cc2C)cc1. The van der Waals surface area contributed by atoms with Gasteiger partial charge in [-0.1, -0.05) is 11.6 Å². The summed E-state index contributed by atoms with van der Waals surface area (Å²) in [5, 5.41) is 9.11. The molecule has 0 aliphatic carbocycles. The van der Waals surface area contributed by atoms with E-state index in [2.05, 4.69) is 4.98 Å². The third kappa shape index (κ3) is 2.29. The van der Waals surface area contributed by atoms with Crippen molar-refractivity contribution in [2.45, 2.75) is 6.92 Å². The number of ether oxygens (including phenoxy) is 1. The largest absolute Gasteiger partial charge is 0.497 e. The van der Waals surface area contributed by atoms with Gasteiger partial charge in [0.15, 0.2) is 0 Å². The Morgan fingerprint density at radius 1 is 1.28 bits per heavy atom. The average Bonchev–Trinajstić information content (AvgIpc) is 2.41. The topological polar surface area (TPSA) is 45.9 Å². The molecule has 0 N–H and O–H groups in total. The van der Waals surface area contributed by atoms with Crippen LogP contribution >= 0.6 is 11.6 Å². The van der Waals surface area contributed by atoms with Gasteiger partial charge in [-0.2, -0.15) is 5.26 Å². The highest BCUT2D eigenvalue weighted by atomic mass is 35.5. The van der Waals surface area contributed by atoms with Crippen LogP contribution in [0, 0.1) is 18.3 Å². The van der Waals surface area contributed by atoms with Crippen molar-refractivity contribution >= 4 is 11.6 Å². The van der Waals surface area contributed by atoms with Crippen LogP contribution in [0.5, 0.6) is 5.75 Å². The number of nitriles is 1. The van der Waals surface area contributed by atoms with Crippen LogP contribution in [-0.4, -0.2) is 12.1 Å². The van der Waals surface area contributed by atoms with Crippen LogP contribution in [0.15, 0.2) is 30.3 Å². The number of hydrogen-bond donors (Lipinski definition) is 0. The molecule has 1 aromatic carbocycles. The maximum absolute atomic E-state index is 8.88. The quantitative estimate of drug-likeness (QED) is 0.774. The summed E-state index contributed by atoms with van der Waals surface area (Å²) in [6, 6.07) is 11.3. The van der Waals surface area contributed by atoms with Gasteiger partial charge in [-0.25, -0.2) is 4.98 Å². The lowest BCUT2D eigenvalue weighted by Gasteiger charge is -2.07. The van der Waals surface area contributed by atoms with Crippen molar-refractivity contribution in [2.75, 3.05) is 7.11 Å². The first-order valence-electron chi connectivity index (χ1n) is 5.37. The monoisotopic (exact) mass is 258 g/mol. The van der Waals surface area contributed by atoms with Crippen LogP contribution in [0.3, 0.4) is 0 Å². The number of hydrogen-bond acceptors (Lipinski definition) is 3. The molecule has 1 heterocycles. The van der Waals surface area contributed by atoms with Crippen LogP contribution in [0.4, 0.5) is 0 Å². The van der Waals surface area contributed by atoms with Crippen molar-refractivity contribution in [3.63, 3.8) is 0 Å². The molecule has 2 aromatic rings. The minimum atomic E-state index is 0.230. The van der Waals surface area contributed by atoms with Crippen molar-refractivity contribution in [2.24, 2.45) is 0 Å². The Bertz CT molecular complexity index is 615. The van der Waals surface area contributed by atoms with Crippen molar-refractivity contribution in [3.05, 3.63) is 46.6 Å². The standard InChI is InChI=1S/C14H11ClN2O/c1-9-7-11(8-16)14(15)17-13(9)10-3-5-12(18-2)6-4-10/h3-7H,1-2H3. The number of aryl methyl sites for hydroxylation is 1. The Kier molecular flexibility index (Phi) is 3.50. The fourth-order valence-electron chi connectivity index (χ4n) is 1.71. The van der Waals surface area contributed by atoms with Gasteiger partial charge in [0.2, 0.25) is 0 Å². The summed E-state index contributed by atoms with van der Waals surface area (Å²) in [7, 11) is 1.62. The first-order valence-corrected chi connectivity index (χ1v) is 5.75. The smallest absolute Gasteiger partial charge is 0.147 e. The van der Waals surface area contributed by atoms with E-state index in [0.29, 0.717) is 5.56 Å². The molecule has 2 rings (SSSR count). The van der Waals surface area contributed by atoms with Crippen LogP contribution in [0.1, 0.15) is 11.1 Å². The summed E-state index contributed by atoms with van der Waals surface area (Å²) < 4.78 is 5.11. The maximum Gasteiger partial charge on any atom is 0.147 e. The van der Waals surface area contributed by atoms with Crippen LogP contribution < -0.4 is 4.74 Å². The summed E-state index contributed by atoms with van der Waals surface area (Å²) in [5.41, 5.74) is 3.04. The van der Waals surface area contributed by atoms with E-state index in [9.17, 15) is 0 Å². The Labute approximate surface area is 111 Å². The minimum absolute atomic E-state index is 0.230. The molecule has 0 amide bonds. The number of aromatic nitrogens is 1. The number of halogens is 1. The zero-order valence-corrected chi connectivity index (χ0v) is 10.8. The summed E-state index contributed by atoms with van der Waals surface area (Å²) >= 11 is 5.95. The summed E-state index contributed by atoms with van der Waals surface area (Å²) in [6.07, 6.45) is 0. The zero-order chi connectivity index (χ0) is 13.1. The van der Waals surface area contributed by atoms with Crippen molar-refractivity contribution in [1.29, 1.82) is 5.26 Å². The lowest BCUT2D eigenvalue weighted by molar-refractivity contribution is 0.415. The predicted octanol–water partition coefficient (Wildman–Crippen LogP) is 3.59. The number of methoxy groups -OCH3 is 1. The Balaban J connectivity index is 2.50. The highest BCUT2D eigenvalue weighted by molar-refractivity contribution is 6.30. The molecule has 0 spiro atoms. The Hall–Kier alpha value is -2.05. The van der Waals surface area contributed by atoms with E-state index in [4.69, 9.17) is 21.6 Å². The van der Waals surface area contributed by atoms with Gasteiger partial charge < -0.3 is 4.74 Å². The molecule has 0 aliphatic heterocycles. The van der Waals surface area contributed by atoms with Gasteiger partial charge in [0.05, 0.1) is 18.4 Å². The molecule has 0 radical (unpaired) electrons. The molecule has 0 saturated carbocycles. The molecular weight excluding hydrogens is 248 g/mol. The van der Waals surface area contributed by atoms with Gasteiger partial charge in [0.25, 0.3) is 0 Å². The minimum Gasteiger partial charge on any atom is -0.497 e. The highest BCUT2D eigenvalue weighted by Gasteiger charge is 2.09. The van der Waals surface area contributed by atoms with Crippen LogP contribution in [0.25, 0.3) is 11.3 Å². The van der Waals surface area contributed by atoms with Gasteiger partial charge in [-0.3, -0.25) is 0 Å². The van der Waals surface area contributed by atoms with Gasteiger partial charge in [-0.05, 0) is 42.8 Å². The first-order chi connectivity index (χ1) is 8.65. The Morgan fingerprint density at radius 3 is 2.50 bits per heavy atom. The molecule has 0 fully saturated rings. The number of benzene rings is 1. The van der Waals surface area contributed by atoms with Gasteiger partial charge in [-0.15, -0.1) is 0 Å². The predicted molar refractivity (Wildman–Crippen MR) is 70.7 cm³/mol. The number of nitrogens with zero attached hydrogens (tertiary/aromatic N) is 2. The van der Waals surface area contributed by atoms with Crippen LogP contribution in [0.2, 0.25) is 5.15 Å². The fourth-order valence-corrected chi connectivity index (χ4v) is 1.89. The molecule has 0 unspecified atom stereocenters. The summed E-state index contributed by atoms with van der Waals surface area (Å²) in [6.45, 7) is 1.91. The molecule has 0 aliphatic rings. The number of pyridine rings is 1. The van der Waals surface area contributed by atoms with Crippen molar-refractivity contribution in [3.8, 4) is 23.1 Å². The van der Waals surface area contributed by atoms with Gasteiger partial charge in [0, 0.05) is 5.56 Å². The third-order valence-corrected chi connectivity index (χ3v) is 2.94. The second-order valence-corrected chi connectivity index (χ2v) is 4.19. The van der Waals surface area contributed by atoms with E-state index in [1.54, 1.807) is 13.2 Å². The van der Waals surface area contributed by atoms with Gasteiger partial charge in [0.1, 0.15) is 17.0 Å². The molecule has 1 aromatic heterocycles. The molecule has 0 atom stereocenters. The van der Waals surface area contributed by atoms with Crippen LogP contribution in [-0.2, 0) is 0 Å².